The van der Waals surface area contributed by atoms with Crippen LogP contribution in [-0.4, -0.2) is 96.0 Å². The summed E-state index contributed by atoms with van der Waals surface area (Å²) in [7, 11) is 6.23. The summed E-state index contributed by atoms with van der Waals surface area (Å²) in [5.41, 5.74) is 13.7. The van der Waals surface area contributed by atoms with Crippen LogP contribution in [-0.2, 0) is 19.5 Å². The van der Waals surface area contributed by atoms with Crippen LogP contribution in [0, 0.1) is 11.6 Å². The quantitative estimate of drug-likeness (QED) is 0.112. The second-order valence-corrected chi connectivity index (χ2v) is 16.9. The maximum atomic E-state index is 14.2. The van der Waals surface area contributed by atoms with Gasteiger partial charge in [-0.15, -0.1) is 0 Å². The van der Waals surface area contributed by atoms with Crippen molar-refractivity contribution in [3.8, 4) is 11.5 Å². The molecule has 0 unspecified atom stereocenters. The predicted molar refractivity (Wildman–Crippen MR) is 256 cm³/mol. The minimum atomic E-state index is -0.493. The molecule has 0 radical (unpaired) electrons. The van der Waals surface area contributed by atoms with Crippen LogP contribution < -0.4 is 35.6 Å². The van der Waals surface area contributed by atoms with Crippen LogP contribution in [0.15, 0.2) is 85.2 Å². The molecule has 4 aliphatic heterocycles. The third-order valence-electron chi connectivity index (χ3n) is 11.9. The molecular formula is C49H52ClF2N11O4. The van der Waals surface area contributed by atoms with Crippen LogP contribution in [0.5, 0.6) is 11.5 Å². The van der Waals surface area contributed by atoms with Gasteiger partial charge in [0, 0.05) is 58.1 Å². The largest absolute Gasteiger partial charge is 0.492 e. The molecule has 0 bridgehead atoms. The number of nitrogens with two attached hydrogens (primary N) is 1. The molecule has 4 aromatic heterocycles. The molecule has 67 heavy (non-hydrogen) atoms. The Kier molecular flexibility index (Phi) is 14.2. The highest BCUT2D eigenvalue weighted by Crippen LogP contribution is 2.37. The lowest BCUT2D eigenvalue weighted by atomic mass is 10.1. The van der Waals surface area contributed by atoms with Crippen molar-refractivity contribution in [2.45, 2.75) is 45.2 Å². The van der Waals surface area contributed by atoms with E-state index in [-0.39, 0.29) is 28.5 Å². The molecule has 0 saturated carbocycles. The average Bonchev–Trinajstić information content (AvgIpc) is 4.15. The number of nitrogen functional groups attached to an aromatic ring is 1. The van der Waals surface area contributed by atoms with Gasteiger partial charge in [-0.2, -0.15) is 0 Å². The number of hydrogen-bond donors (Lipinski definition) is 3. The number of nitrogens with one attached hydrogen (secondary N) is 2. The van der Waals surface area contributed by atoms with Gasteiger partial charge in [0.05, 0.1) is 96.3 Å². The molecule has 348 valence electrons. The number of aromatic nitrogens is 4. The van der Waals surface area contributed by atoms with Crippen molar-refractivity contribution in [3.05, 3.63) is 136 Å². The number of para-hydroxylation sites is 2. The van der Waals surface area contributed by atoms with Crippen LogP contribution in [0.3, 0.4) is 0 Å². The molecule has 10 rings (SSSR count). The molecule has 8 heterocycles. The first-order valence-corrected chi connectivity index (χ1v) is 22.4. The van der Waals surface area contributed by atoms with Gasteiger partial charge in [-0.3, -0.25) is 19.6 Å². The molecule has 2 saturated heterocycles. The van der Waals surface area contributed by atoms with Gasteiger partial charge < -0.3 is 45.4 Å². The number of rotatable bonds is 10. The van der Waals surface area contributed by atoms with Gasteiger partial charge in [-0.25, -0.2) is 18.7 Å². The van der Waals surface area contributed by atoms with Crippen molar-refractivity contribution >= 4 is 63.4 Å². The van der Waals surface area contributed by atoms with E-state index < -0.39 is 11.6 Å². The number of fused-ring (bicyclic) bond motifs is 2. The highest BCUT2D eigenvalue weighted by atomic mass is 35.5. The molecule has 2 fully saturated rings. The second-order valence-electron chi connectivity index (χ2n) is 16.5. The fourth-order valence-electron chi connectivity index (χ4n) is 8.54. The third-order valence-corrected chi connectivity index (χ3v) is 12.1. The Morgan fingerprint density at radius 2 is 1.13 bits per heavy atom. The Morgan fingerprint density at radius 3 is 1.61 bits per heavy atom. The van der Waals surface area contributed by atoms with Crippen molar-refractivity contribution in [2.24, 2.45) is 0 Å². The summed E-state index contributed by atoms with van der Waals surface area (Å²) in [4.78, 5) is 50.5. The highest BCUT2D eigenvalue weighted by molar-refractivity contribution is 6.30. The lowest BCUT2D eigenvalue weighted by Gasteiger charge is -2.17. The number of methoxy groups -OCH3 is 2. The van der Waals surface area contributed by atoms with Crippen molar-refractivity contribution in [1.29, 1.82) is 0 Å². The smallest absolute Gasteiger partial charge is 0.257 e. The van der Waals surface area contributed by atoms with Crippen molar-refractivity contribution in [2.75, 3.05) is 80.7 Å². The van der Waals surface area contributed by atoms with E-state index in [2.05, 4.69) is 41.5 Å². The minimum Gasteiger partial charge on any atom is -0.492 e. The number of hydrogen-bond acceptors (Lipinski definition) is 13. The maximum Gasteiger partial charge on any atom is 0.257 e. The van der Waals surface area contributed by atoms with E-state index in [0.717, 1.165) is 43.3 Å². The third kappa shape index (κ3) is 10.4. The Morgan fingerprint density at radius 1 is 0.642 bits per heavy atom. The summed E-state index contributed by atoms with van der Waals surface area (Å²) in [5.74, 6) is -0.470. The van der Waals surface area contributed by atoms with Crippen LogP contribution in [0.2, 0.25) is 5.15 Å². The van der Waals surface area contributed by atoms with E-state index in [9.17, 15) is 18.4 Å². The molecular weight excluding hydrogens is 880 g/mol. The monoisotopic (exact) mass is 931 g/mol. The van der Waals surface area contributed by atoms with Gasteiger partial charge in [-0.05, 0) is 86.3 Å². The van der Waals surface area contributed by atoms with Crippen LogP contribution in [0.25, 0.3) is 0 Å². The zero-order valence-corrected chi connectivity index (χ0v) is 38.5. The second kappa shape index (κ2) is 20.5. The zero-order valence-electron chi connectivity index (χ0n) is 37.8. The fourth-order valence-corrected chi connectivity index (χ4v) is 8.75. The number of amides is 2. The molecule has 6 aromatic rings. The summed E-state index contributed by atoms with van der Waals surface area (Å²) in [5, 5.41) is 6.49. The predicted octanol–water partition coefficient (Wildman–Crippen LogP) is 8.62. The normalized spacial score (nSPS) is 14.9. The number of carbonyl (C=O) groups excluding carboxylic acids is 2. The molecule has 18 heteroatoms. The number of halogens is 3. The maximum absolute atomic E-state index is 14.2. The van der Waals surface area contributed by atoms with Crippen molar-refractivity contribution in [3.63, 3.8) is 0 Å². The van der Waals surface area contributed by atoms with E-state index in [1.54, 1.807) is 54.2 Å². The van der Waals surface area contributed by atoms with E-state index in [4.69, 9.17) is 31.8 Å². The highest BCUT2D eigenvalue weighted by Gasteiger charge is 2.32. The zero-order chi connectivity index (χ0) is 47.2. The van der Waals surface area contributed by atoms with Crippen LogP contribution in [0.4, 0.5) is 48.7 Å². The van der Waals surface area contributed by atoms with E-state index in [1.807, 2.05) is 36.7 Å². The van der Waals surface area contributed by atoms with Gasteiger partial charge in [0.2, 0.25) is 0 Å². The van der Waals surface area contributed by atoms with E-state index in [0.29, 0.717) is 70.6 Å². The number of pyridine rings is 4. The summed E-state index contributed by atoms with van der Waals surface area (Å²) >= 11 is 6.01. The Bertz CT molecular complexity index is 2750. The van der Waals surface area contributed by atoms with Gasteiger partial charge in [0.25, 0.3) is 11.8 Å². The molecule has 4 aliphatic rings. The van der Waals surface area contributed by atoms with Gasteiger partial charge in [0.15, 0.2) is 23.1 Å². The average molecular weight is 932 g/mol. The van der Waals surface area contributed by atoms with Gasteiger partial charge in [0.1, 0.15) is 11.0 Å². The Labute approximate surface area is 392 Å². The summed E-state index contributed by atoms with van der Waals surface area (Å²) in [6.07, 6.45) is 9.33. The Balaban J connectivity index is 0.000000153. The number of benzene rings is 2. The first-order chi connectivity index (χ1) is 32.4. The van der Waals surface area contributed by atoms with Crippen molar-refractivity contribution in [1.82, 2.24) is 29.7 Å². The standard InChI is InChI=1S/C25H26FN5O2.C15H13ClFN3O2.C9H13N3/c1-30-15-22-23(25(30)32)21(29-20-7-5-6-19(26)24(20)33-2)13-17(28-22)12-16-8-9-18(14-27-16)31-10-3-4-11-31;1-20-7-11-13(15(20)21)10(6-12(16)19-11)18-9-5-3-4-8(17)14(9)22-2;10-9-4-3-8(7-11-9)12-5-1-2-6-12/h5-9,13-14H,3-4,10-12,15H2,1-2H3,(H,28,29);3-6H,7H2,1-2H3,(H,18,19);3-4,7H,1-2,5-6H2,(H2,10,11). The fraction of sp³-hybridized carbons (Fsp3) is 0.306. The van der Waals surface area contributed by atoms with Crippen LogP contribution in [0.1, 0.15) is 69.2 Å². The molecule has 15 nitrogen and oxygen atoms in total. The summed E-state index contributed by atoms with van der Waals surface area (Å²) < 4.78 is 38.3. The minimum absolute atomic E-state index is 0.0722. The topological polar surface area (TPSA) is 167 Å². The van der Waals surface area contributed by atoms with Gasteiger partial charge >= 0.3 is 0 Å². The molecule has 0 aliphatic carbocycles. The lowest BCUT2D eigenvalue weighted by molar-refractivity contribution is 0.0809. The number of nitrogens with zero attached hydrogens (tertiary/aromatic N) is 8. The first-order valence-electron chi connectivity index (χ1n) is 22.0. The number of carbonyl (C=O) groups is 2. The number of anilines is 7. The lowest BCUT2D eigenvalue weighted by Crippen LogP contribution is -2.18. The summed E-state index contributed by atoms with van der Waals surface area (Å²) in [6.45, 7) is 5.29. The molecule has 0 spiro atoms. The van der Waals surface area contributed by atoms with Gasteiger partial charge in [-0.1, -0.05) is 23.7 Å². The van der Waals surface area contributed by atoms with E-state index in [1.165, 1.54) is 57.7 Å². The molecule has 2 amide bonds. The SMILES string of the molecule is COc1c(F)cccc1Nc1cc(Cc2ccc(N3CCCC3)cn2)nc2c1C(=O)N(C)C2.COc1c(F)cccc1Nc1cc(Cl)nc2c1C(=O)N(C)C2.Nc1ccc(N2CCCC2)cn1. The Hall–Kier alpha value is -7.27. The number of ether oxygens (including phenoxy) is 2. The van der Waals surface area contributed by atoms with Crippen molar-refractivity contribution < 1.29 is 27.8 Å². The first kappa shape index (κ1) is 46.3. The summed E-state index contributed by atoms with van der Waals surface area (Å²) in [6, 6.07) is 20.6. The molecule has 4 N–H and O–H groups in total. The van der Waals surface area contributed by atoms with E-state index >= 15 is 0 Å². The van der Waals surface area contributed by atoms with Crippen LogP contribution >= 0.6 is 11.6 Å². The molecule has 0 atom stereocenters. The molecule has 2 aromatic carbocycles.